The highest BCUT2D eigenvalue weighted by atomic mass is 35.5. The second kappa shape index (κ2) is 7.04. The van der Waals surface area contributed by atoms with Crippen molar-refractivity contribution < 1.29 is 22.8 Å². The van der Waals surface area contributed by atoms with E-state index in [0.717, 1.165) is 0 Å². The topological polar surface area (TPSA) is 40.6 Å². The zero-order valence-corrected chi connectivity index (χ0v) is 12.8. The summed E-state index contributed by atoms with van der Waals surface area (Å²) in [7, 11) is 0. The summed E-state index contributed by atoms with van der Waals surface area (Å²) in [5.74, 6) is -2.19. The van der Waals surface area contributed by atoms with E-state index in [9.17, 15) is 22.8 Å². The first-order valence-corrected chi connectivity index (χ1v) is 7.24. The van der Waals surface area contributed by atoms with Gasteiger partial charge in [0.05, 0.1) is 0 Å². The van der Waals surface area contributed by atoms with E-state index in [0.29, 0.717) is 15.5 Å². The number of carbonyl (C=O) groups excluding carboxylic acids is 2. The Morgan fingerprint density at radius 2 is 1.61 bits per heavy atom. The summed E-state index contributed by atoms with van der Waals surface area (Å²) in [6, 6.07) is 6.97. The molecule has 1 aromatic carbocycles. The van der Waals surface area contributed by atoms with Crippen LogP contribution >= 0.6 is 11.6 Å². The number of piperazine rings is 1. The number of alkyl halides is 3. The molecule has 124 valence electrons. The molecule has 0 aliphatic carbocycles. The number of hydrogen-bond acceptors (Lipinski definition) is 2. The first kappa shape index (κ1) is 17.3. The van der Waals surface area contributed by atoms with Gasteiger partial charge in [-0.25, -0.2) is 0 Å². The Labute approximate surface area is 136 Å². The molecule has 2 rings (SSSR count). The van der Waals surface area contributed by atoms with Crippen molar-refractivity contribution in [2.45, 2.75) is 6.18 Å². The van der Waals surface area contributed by atoms with Gasteiger partial charge in [0.15, 0.2) is 0 Å². The lowest BCUT2D eigenvalue weighted by Gasteiger charge is -2.34. The third kappa shape index (κ3) is 4.48. The zero-order chi connectivity index (χ0) is 17.0. The summed E-state index contributed by atoms with van der Waals surface area (Å²) < 4.78 is 37.0. The van der Waals surface area contributed by atoms with Crippen LogP contribution in [0.2, 0.25) is 5.02 Å². The summed E-state index contributed by atoms with van der Waals surface area (Å²) in [5, 5.41) is 0.497. The molecular formula is C15H14ClF3N2O2. The van der Waals surface area contributed by atoms with Gasteiger partial charge >= 0.3 is 12.1 Å². The average Bonchev–Trinajstić information content (AvgIpc) is 2.52. The second-order valence-electron chi connectivity index (χ2n) is 4.97. The van der Waals surface area contributed by atoms with Gasteiger partial charge in [-0.2, -0.15) is 13.2 Å². The van der Waals surface area contributed by atoms with E-state index in [1.807, 2.05) is 0 Å². The molecule has 1 aromatic rings. The summed E-state index contributed by atoms with van der Waals surface area (Å²) in [5.41, 5.74) is 0.674. The van der Waals surface area contributed by atoms with Crippen LogP contribution in [0.3, 0.4) is 0 Å². The molecule has 1 aliphatic rings. The van der Waals surface area contributed by atoms with Crippen LogP contribution in [0.1, 0.15) is 5.56 Å². The van der Waals surface area contributed by atoms with Crippen molar-refractivity contribution in [3.8, 4) is 0 Å². The molecule has 1 saturated heterocycles. The highest BCUT2D eigenvalue weighted by Gasteiger charge is 2.43. The summed E-state index contributed by atoms with van der Waals surface area (Å²) in [6.07, 6.45) is -2.00. The van der Waals surface area contributed by atoms with E-state index in [1.54, 1.807) is 30.3 Å². The van der Waals surface area contributed by atoms with Crippen LogP contribution in [0.4, 0.5) is 13.2 Å². The van der Waals surface area contributed by atoms with Gasteiger partial charge in [0.1, 0.15) is 0 Å². The maximum Gasteiger partial charge on any atom is 0.471 e. The lowest BCUT2D eigenvalue weighted by atomic mass is 10.2. The van der Waals surface area contributed by atoms with Crippen LogP contribution in [0.15, 0.2) is 30.3 Å². The van der Waals surface area contributed by atoms with Crippen LogP contribution in [0.5, 0.6) is 0 Å². The van der Waals surface area contributed by atoms with Gasteiger partial charge in [-0.05, 0) is 17.7 Å². The van der Waals surface area contributed by atoms with Crippen LogP contribution in [-0.4, -0.2) is 54.0 Å². The lowest BCUT2D eigenvalue weighted by Crippen LogP contribution is -2.53. The minimum atomic E-state index is -4.88. The molecule has 0 aromatic heterocycles. The number of benzene rings is 1. The quantitative estimate of drug-likeness (QED) is 0.772. The van der Waals surface area contributed by atoms with E-state index in [2.05, 4.69) is 0 Å². The Kier molecular flexibility index (Phi) is 5.30. The van der Waals surface area contributed by atoms with Gasteiger partial charge < -0.3 is 9.80 Å². The van der Waals surface area contributed by atoms with E-state index < -0.39 is 12.1 Å². The zero-order valence-electron chi connectivity index (χ0n) is 12.0. The largest absolute Gasteiger partial charge is 0.471 e. The molecule has 0 bridgehead atoms. The maximum atomic E-state index is 12.3. The molecule has 0 atom stereocenters. The standard InChI is InChI=1S/C15H14ClF3N2O2/c16-12-4-2-1-3-11(12)5-6-13(22)20-7-9-21(10-8-20)14(23)15(17,18)19/h1-6H,7-10H2/b6-5+. The van der Waals surface area contributed by atoms with Gasteiger partial charge in [-0.3, -0.25) is 9.59 Å². The first-order chi connectivity index (χ1) is 10.8. The van der Waals surface area contributed by atoms with Crippen LogP contribution in [0, 0.1) is 0 Å². The fourth-order valence-electron chi connectivity index (χ4n) is 2.19. The SMILES string of the molecule is O=C(/C=C/c1ccccc1Cl)N1CCN(C(=O)C(F)(F)F)CC1. The Bertz CT molecular complexity index is 623. The predicted octanol–water partition coefficient (Wildman–Crippen LogP) is 2.59. The molecular weight excluding hydrogens is 333 g/mol. The fraction of sp³-hybridized carbons (Fsp3) is 0.333. The molecule has 0 spiro atoms. The molecule has 0 unspecified atom stereocenters. The van der Waals surface area contributed by atoms with E-state index in [4.69, 9.17) is 11.6 Å². The molecule has 1 heterocycles. The molecule has 1 aliphatic heterocycles. The van der Waals surface area contributed by atoms with Crippen molar-refractivity contribution in [1.29, 1.82) is 0 Å². The molecule has 0 radical (unpaired) electrons. The molecule has 2 amide bonds. The molecule has 0 saturated carbocycles. The molecule has 8 heteroatoms. The van der Waals surface area contributed by atoms with Crippen molar-refractivity contribution in [1.82, 2.24) is 9.80 Å². The van der Waals surface area contributed by atoms with Crippen molar-refractivity contribution in [2.75, 3.05) is 26.2 Å². The van der Waals surface area contributed by atoms with Crippen LogP contribution in [0.25, 0.3) is 6.08 Å². The Morgan fingerprint density at radius 3 is 2.17 bits per heavy atom. The maximum absolute atomic E-state index is 12.3. The average molecular weight is 347 g/mol. The highest BCUT2D eigenvalue weighted by Crippen LogP contribution is 2.20. The fourth-order valence-corrected chi connectivity index (χ4v) is 2.38. The normalized spacial score (nSPS) is 16.0. The van der Waals surface area contributed by atoms with Crippen molar-refractivity contribution >= 4 is 29.5 Å². The van der Waals surface area contributed by atoms with Gasteiger partial charge in [0.2, 0.25) is 5.91 Å². The van der Waals surface area contributed by atoms with Crippen LogP contribution in [-0.2, 0) is 9.59 Å². The molecule has 1 fully saturated rings. The summed E-state index contributed by atoms with van der Waals surface area (Å²) in [6.45, 7) is -0.144. The number of rotatable bonds is 2. The minimum absolute atomic E-state index is 0.0630. The highest BCUT2D eigenvalue weighted by molar-refractivity contribution is 6.32. The lowest BCUT2D eigenvalue weighted by molar-refractivity contribution is -0.187. The Morgan fingerprint density at radius 1 is 1.04 bits per heavy atom. The van der Waals surface area contributed by atoms with E-state index in [1.165, 1.54) is 11.0 Å². The molecule has 0 N–H and O–H groups in total. The third-order valence-electron chi connectivity index (χ3n) is 3.43. The Balaban J connectivity index is 1.92. The number of nitrogens with zero attached hydrogens (tertiary/aromatic N) is 2. The number of hydrogen-bond donors (Lipinski definition) is 0. The second-order valence-corrected chi connectivity index (χ2v) is 5.38. The van der Waals surface area contributed by atoms with Gasteiger partial charge in [-0.1, -0.05) is 29.8 Å². The van der Waals surface area contributed by atoms with E-state index >= 15 is 0 Å². The van der Waals surface area contributed by atoms with Gasteiger partial charge in [-0.15, -0.1) is 0 Å². The summed E-state index contributed by atoms with van der Waals surface area (Å²) in [4.78, 5) is 25.2. The summed E-state index contributed by atoms with van der Waals surface area (Å²) >= 11 is 5.96. The Hall–Kier alpha value is -2.02. The molecule has 23 heavy (non-hydrogen) atoms. The smallest absolute Gasteiger partial charge is 0.336 e. The van der Waals surface area contributed by atoms with Crippen molar-refractivity contribution in [2.24, 2.45) is 0 Å². The molecule has 4 nitrogen and oxygen atoms in total. The number of amides is 2. The van der Waals surface area contributed by atoms with Crippen molar-refractivity contribution in [3.05, 3.63) is 40.9 Å². The van der Waals surface area contributed by atoms with Crippen LogP contribution < -0.4 is 0 Å². The first-order valence-electron chi connectivity index (χ1n) is 6.86. The van der Waals surface area contributed by atoms with Crippen molar-refractivity contribution in [3.63, 3.8) is 0 Å². The number of carbonyl (C=O) groups is 2. The predicted molar refractivity (Wildman–Crippen MR) is 79.7 cm³/mol. The monoisotopic (exact) mass is 346 g/mol. The van der Waals surface area contributed by atoms with E-state index in [-0.39, 0.29) is 32.1 Å². The third-order valence-corrected chi connectivity index (χ3v) is 3.78. The number of halogens is 4. The van der Waals surface area contributed by atoms with Gasteiger partial charge in [0, 0.05) is 37.3 Å². The van der Waals surface area contributed by atoms with Gasteiger partial charge in [0.25, 0.3) is 0 Å². The minimum Gasteiger partial charge on any atom is -0.336 e.